The van der Waals surface area contributed by atoms with Crippen molar-refractivity contribution in [3.8, 4) is 0 Å². The molecule has 0 amide bonds. The second kappa shape index (κ2) is 3.41. The minimum Gasteiger partial charge on any atom is -0.465 e. The summed E-state index contributed by atoms with van der Waals surface area (Å²) in [6.07, 6.45) is 0.697. The highest BCUT2D eigenvalue weighted by Gasteiger charge is 2.40. The molecule has 0 aromatic heterocycles. The number of carbonyl (C=O) groups excluding carboxylic acids is 1. The lowest BCUT2D eigenvalue weighted by atomic mass is 10.0. The largest absolute Gasteiger partial charge is 0.465 e. The van der Waals surface area contributed by atoms with Crippen molar-refractivity contribution in [1.29, 1.82) is 0 Å². The van der Waals surface area contributed by atoms with Crippen molar-refractivity contribution in [2.24, 2.45) is 5.73 Å². The van der Waals surface area contributed by atoms with Crippen LogP contribution in [0, 0.1) is 0 Å². The lowest BCUT2D eigenvalue weighted by Crippen LogP contribution is -2.50. The van der Waals surface area contributed by atoms with E-state index in [1.54, 1.807) is 6.92 Å². The van der Waals surface area contributed by atoms with Gasteiger partial charge in [0.1, 0.15) is 5.54 Å². The number of esters is 1. The summed E-state index contributed by atoms with van der Waals surface area (Å²) in [5.41, 5.74) is 5.10. The van der Waals surface area contributed by atoms with E-state index < -0.39 is 5.54 Å². The molecule has 1 saturated heterocycles. The number of likely N-dealkylation sites (N-methyl/N-ethyl adjacent to an activating group) is 1. The Bertz CT molecular complexity index is 184. The van der Waals surface area contributed by atoms with Gasteiger partial charge in [-0.2, -0.15) is 0 Å². The monoisotopic (exact) mass is 172 g/mol. The molecular weight excluding hydrogens is 156 g/mol. The summed E-state index contributed by atoms with van der Waals surface area (Å²) in [5, 5.41) is 0. The van der Waals surface area contributed by atoms with E-state index in [1.807, 2.05) is 11.9 Å². The van der Waals surface area contributed by atoms with Gasteiger partial charge in [0.15, 0.2) is 0 Å². The van der Waals surface area contributed by atoms with Gasteiger partial charge in [-0.1, -0.05) is 0 Å². The van der Waals surface area contributed by atoms with Crippen molar-refractivity contribution in [2.45, 2.75) is 18.9 Å². The van der Waals surface area contributed by atoms with Crippen LogP contribution >= 0.6 is 0 Å². The van der Waals surface area contributed by atoms with E-state index in [9.17, 15) is 4.79 Å². The number of carbonyl (C=O) groups is 1. The molecule has 70 valence electrons. The van der Waals surface area contributed by atoms with Gasteiger partial charge in [-0.05, 0) is 20.4 Å². The number of ether oxygens (including phenoxy) is 1. The van der Waals surface area contributed by atoms with Crippen molar-refractivity contribution in [3.63, 3.8) is 0 Å². The van der Waals surface area contributed by atoms with Crippen molar-refractivity contribution >= 4 is 5.97 Å². The minimum absolute atomic E-state index is 0.269. The van der Waals surface area contributed by atoms with Crippen LogP contribution in [0.2, 0.25) is 0 Å². The summed E-state index contributed by atoms with van der Waals surface area (Å²) in [6, 6.07) is 0. The van der Waals surface area contributed by atoms with Crippen LogP contribution in [0.1, 0.15) is 13.3 Å². The Morgan fingerprint density at radius 2 is 2.42 bits per heavy atom. The second-order valence-electron chi connectivity index (χ2n) is 3.36. The van der Waals surface area contributed by atoms with Crippen LogP contribution in [0.5, 0.6) is 0 Å². The number of hydrogen-bond acceptors (Lipinski definition) is 4. The van der Waals surface area contributed by atoms with Gasteiger partial charge in [0, 0.05) is 13.1 Å². The normalized spacial score (nSPS) is 30.6. The van der Waals surface area contributed by atoms with E-state index in [2.05, 4.69) is 0 Å². The highest BCUT2D eigenvalue weighted by Crippen LogP contribution is 2.18. The highest BCUT2D eigenvalue weighted by molar-refractivity contribution is 5.81. The van der Waals surface area contributed by atoms with Crippen LogP contribution < -0.4 is 5.73 Å². The molecule has 1 atom stereocenters. The summed E-state index contributed by atoms with van der Waals surface area (Å²) < 4.78 is 4.89. The molecule has 0 saturated carbocycles. The fraction of sp³-hybridized carbons (Fsp3) is 0.875. The van der Waals surface area contributed by atoms with E-state index >= 15 is 0 Å². The molecule has 12 heavy (non-hydrogen) atoms. The number of nitrogens with two attached hydrogens (primary N) is 1. The predicted molar refractivity (Wildman–Crippen MR) is 45.7 cm³/mol. The molecule has 0 aromatic rings. The molecule has 0 spiro atoms. The number of rotatable bonds is 2. The first kappa shape index (κ1) is 9.48. The summed E-state index contributed by atoms with van der Waals surface area (Å²) in [4.78, 5) is 13.4. The summed E-state index contributed by atoms with van der Waals surface area (Å²) in [7, 11) is 1.95. The first-order valence-corrected chi connectivity index (χ1v) is 4.23. The topological polar surface area (TPSA) is 55.6 Å². The van der Waals surface area contributed by atoms with Crippen LogP contribution in [-0.2, 0) is 9.53 Å². The summed E-state index contributed by atoms with van der Waals surface area (Å²) >= 11 is 0. The second-order valence-corrected chi connectivity index (χ2v) is 3.36. The number of likely N-dealkylation sites (tertiary alicyclic amines) is 1. The van der Waals surface area contributed by atoms with Crippen LogP contribution in [0.3, 0.4) is 0 Å². The molecule has 4 heteroatoms. The molecule has 0 bridgehead atoms. The van der Waals surface area contributed by atoms with Crippen LogP contribution in [-0.4, -0.2) is 43.2 Å². The fourth-order valence-electron chi connectivity index (χ4n) is 1.47. The molecule has 1 aliphatic rings. The third-order valence-corrected chi connectivity index (χ3v) is 2.17. The van der Waals surface area contributed by atoms with E-state index in [0.29, 0.717) is 19.6 Å². The smallest absolute Gasteiger partial charge is 0.327 e. The first-order valence-electron chi connectivity index (χ1n) is 4.23. The van der Waals surface area contributed by atoms with Gasteiger partial charge in [-0.15, -0.1) is 0 Å². The predicted octanol–water partition coefficient (Wildman–Crippen LogP) is -0.417. The molecule has 1 heterocycles. The number of hydrogen-bond donors (Lipinski definition) is 1. The molecule has 1 unspecified atom stereocenters. The quantitative estimate of drug-likeness (QED) is 0.575. The van der Waals surface area contributed by atoms with Gasteiger partial charge in [-0.25, -0.2) is 0 Å². The molecule has 4 nitrogen and oxygen atoms in total. The maximum Gasteiger partial charge on any atom is 0.327 e. The van der Waals surface area contributed by atoms with E-state index in [0.717, 1.165) is 6.54 Å². The maximum absolute atomic E-state index is 11.3. The standard InChI is InChI=1S/C8H16N2O2/c1-3-12-7(11)8(9)4-5-10(2)6-8/h3-6,9H2,1-2H3. The van der Waals surface area contributed by atoms with Gasteiger partial charge in [0.05, 0.1) is 6.61 Å². The average Bonchev–Trinajstić information content (AvgIpc) is 2.33. The van der Waals surface area contributed by atoms with Crippen LogP contribution in [0.4, 0.5) is 0 Å². The maximum atomic E-state index is 11.3. The Hall–Kier alpha value is -0.610. The molecular formula is C8H16N2O2. The van der Waals surface area contributed by atoms with Gasteiger partial charge >= 0.3 is 5.97 Å². The van der Waals surface area contributed by atoms with Crippen molar-refractivity contribution < 1.29 is 9.53 Å². The first-order chi connectivity index (χ1) is 5.58. The molecule has 1 fully saturated rings. The third kappa shape index (κ3) is 1.76. The van der Waals surface area contributed by atoms with Gasteiger partial charge < -0.3 is 15.4 Å². The number of nitrogens with zero attached hydrogens (tertiary/aromatic N) is 1. The Labute approximate surface area is 72.7 Å². The average molecular weight is 172 g/mol. The zero-order valence-electron chi connectivity index (χ0n) is 7.67. The van der Waals surface area contributed by atoms with Gasteiger partial charge in [0.25, 0.3) is 0 Å². The Kier molecular flexibility index (Phi) is 2.69. The fourth-order valence-corrected chi connectivity index (χ4v) is 1.47. The summed E-state index contributed by atoms with van der Waals surface area (Å²) in [5.74, 6) is -0.269. The third-order valence-electron chi connectivity index (χ3n) is 2.17. The van der Waals surface area contributed by atoms with E-state index in [4.69, 9.17) is 10.5 Å². The van der Waals surface area contributed by atoms with Crippen LogP contribution in [0.15, 0.2) is 0 Å². The molecule has 1 aliphatic heterocycles. The van der Waals surface area contributed by atoms with Crippen molar-refractivity contribution in [1.82, 2.24) is 4.90 Å². The summed E-state index contributed by atoms with van der Waals surface area (Å²) in [6.45, 7) is 3.67. The Balaban J connectivity index is 2.54. The van der Waals surface area contributed by atoms with Gasteiger partial charge in [0.2, 0.25) is 0 Å². The van der Waals surface area contributed by atoms with E-state index in [1.165, 1.54) is 0 Å². The molecule has 1 rings (SSSR count). The highest BCUT2D eigenvalue weighted by atomic mass is 16.5. The van der Waals surface area contributed by atoms with Gasteiger partial charge in [-0.3, -0.25) is 4.79 Å². The Morgan fingerprint density at radius 1 is 1.75 bits per heavy atom. The SMILES string of the molecule is CCOC(=O)C1(N)CCN(C)C1. The lowest BCUT2D eigenvalue weighted by molar-refractivity contribution is -0.149. The zero-order valence-corrected chi connectivity index (χ0v) is 7.67. The van der Waals surface area contributed by atoms with Crippen molar-refractivity contribution in [3.05, 3.63) is 0 Å². The van der Waals surface area contributed by atoms with Crippen LogP contribution in [0.25, 0.3) is 0 Å². The lowest BCUT2D eigenvalue weighted by Gasteiger charge is -2.20. The molecule has 2 N–H and O–H groups in total. The molecule has 0 aromatic carbocycles. The molecule has 0 aliphatic carbocycles. The zero-order chi connectivity index (χ0) is 9.19. The van der Waals surface area contributed by atoms with Crippen molar-refractivity contribution in [2.75, 3.05) is 26.7 Å². The molecule has 0 radical (unpaired) electrons. The van der Waals surface area contributed by atoms with E-state index in [-0.39, 0.29) is 5.97 Å². The minimum atomic E-state index is -0.759. The Morgan fingerprint density at radius 3 is 2.83 bits per heavy atom.